The Bertz CT molecular complexity index is 964. The molecular weight excluding hydrogens is 343 g/mol. The fourth-order valence-corrected chi connectivity index (χ4v) is 3.90. The third-order valence-electron chi connectivity index (χ3n) is 5.27. The van der Waals surface area contributed by atoms with Gasteiger partial charge in [-0.3, -0.25) is 0 Å². The van der Waals surface area contributed by atoms with Crippen molar-refractivity contribution in [3.8, 4) is 11.5 Å². The molecule has 0 saturated carbocycles. The summed E-state index contributed by atoms with van der Waals surface area (Å²) < 4.78 is 25.0. The summed E-state index contributed by atoms with van der Waals surface area (Å²) in [7, 11) is 3.22. The van der Waals surface area contributed by atoms with E-state index in [-0.39, 0.29) is 11.7 Å². The van der Waals surface area contributed by atoms with Crippen LogP contribution in [-0.4, -0.2) is 19.3 Å². The molecular formula is C23H25FO3. The Hall–Kier alpha value is -2.59. The fraction of sp³-hybridized carbons (Fsp3) is 0.304. The van der Waals surface area contributed by atoms with Gasteiger partial charge < -0.3 is 14.6 Å². The van der Waals surface area contributed by atoms with E-state index in [1.807, 2.05) is 45.0 Å². The molecule has 0 radical (unpaired) electrons. The lowest BCUT2D eigenvalue weighted by Crippen LogP contribution is -2.35. The Balaban J connectivity index is 2.46. The van der Waals surface area contributed by atoms with Gasteiger partial charge in [0.15, 0.2) is 0 Å². The molecule has 0 spiro atoms. The van der Waals surface area contributed by atoms with Gasteiger partial charge in [0.25, 0.3) is 0 Å². The zero-order valence-electron chi connectivity index (χ0n) is 16.3. The van der Waals surface area contributed by atoms with Crippen molar-refractivity contribution in [3.05, 3.63) is 71.0 Å². The molecule has 0 heterocycles. The Kier molecular flexibility index (Phi) is 5.11. The number of hydrogen-bond acceptors (Lipinski definition) is 3. The van der Waals surface area contributed by atoms with Crippen LogP contribution in [0.2, 0.25) is 0 Å². The molecule has 0 aliphatic carbocycles. The predicted molar refractivity (Wildman–Crippen MR) is 106 cm³/mol. The van der Waals surface area contributed by atoms with Crippen molar-refractivity contribution in [2.75, 3.05) is 14.2 Å². The first kappa shape index (κ1) is 19.2. The smallest absolute Gasteiger partial charge is 0.133 e. The van der Waals surface area contributed by atoms with Crippen LogP contribution < -0.4 is 9.47 Å². The zero-order valence-corrected chi connectivity index (χ0v) is 16.3. The molecule has 3 aromatic rings. The first-order chi connectivity index (χ1) is 12.9. The average Bonchev–Trinajstić information content (AvgIpc) is 2.66. The summed E-state index contributed by atoms with van der Waals surface area (Å²) in [5, 5.41) is 13.7. The highest BCUT2D eigenvalue weighted by molar-refractivity contribution is 5.96. The molecule has 0 amide bonds. The minimum absolute atomic E-state index is 0.193. The van der Waals surface area contributed by atoms with Crippen LogP contribution in [0.1, 0.15) is 30.5 Å². The van der Waals surface area contributed by atoms with E-state index in [1.165, 1.54) is 12.1 Å². The highest BCUT2D eigenvalue weighted by atomic mass is 19.1. The van der Waals surface area contributed by atoms with Crippen molar-refractivity contribution in [3.63, 3.8) is 0 Å². The second kappa shape index (κ2) is 7.20. The number of methoxy groups -OCH3 is 2. The SMILES string of the molecule is COc1c(C)c(C(O)(c2ccc(F)cc2)C(C)C)c(OC)c2ccccc12. The molecule has 3 nitrogen and oxygen atoms in total. The van der Waals surface area contributed by atoms with Crippen LogP contribution in [0.15, 0.2) is 48.5 Å². The maximum Gasteiger partial charge on any atom is 0.133 e. The molecule has 0 aliphatic rings. The first-order valence-electron chi connectivity index (χ1n) is 8.98. The minimum atomic E-state index is -1.37. The Labute approximate surface area is 159 Å². The molecule has 3 aromatic carbocycles. The summed E-state index contributed by atoms with van der Waals surface area (Å²) in [6, 6.07) is 13.8. The number of aliphatic hydroxyl groups is 1. The molecule has 1 unspecified atom stereocenters. The van der Waals surface area contributed by atoms with E-state index in [2.05, 4.69) is 0 Å². The van der Waals surface area contributed by atoms with Gasteiger partial charge in [0, 0.05) is 21.9 Å². The van der Waals surface area contributed by atoms with Crippen LogP contribution in [-0.2, 0) is 5.60 Å². The molecule has 142 valence electrons. The normalized spacial score (nSPS) is 13.6. The van der Waals surface area contributed by atoms with Gasteiger partial charge in [-0.1, -0.05) is 50.2 Å². The lowest BCUT2D eigenvalue weighted by molar-refractivity contribution is 0.0288. The summed E-state index contributed by atoms with van der Waals surface area (Å²) in [6.45, 7) is 5.79. The molecule has 0 bridgehead atoms. The Morgan fingerprint density at radius 1 is 0.889 bits per heavy atom. The van der Waals surface area contributed by atoms with Crippen LogP contribution in [0, 0.1) is 18.7 Å². The van der Waals surface area contributed by atoms with Gasteiger partial charge in [0.1, 0.15) is 22.9 Å². The van der Waals surface area contributed by atoms with Crippen LogP contribution in [0.25, 0.3) is 10.8 Å². The van der Waals surface area contributed by atoms with E-state index >= 15 is 0 Å². The van der Waals surface area contributed by atoms with Crippen LogP contribution in [0.3, 0.4) is 0 Å². The maximum absolute atomic E-state index is 13.5. The molecule has 1 atom stereocenters. The van der Waals surface area contributed by atoms with Gasteiger partial charge in [-0.2, -0.15) is 0 Å². The Morgan fingerprint density at radius 3 is 1.89 bits per heavy atom. The molecule has 0 aliphatic heterocycles. The van der Waals surface area contributed by atoms with E-state index in [4.69, 9.17) is 9.47 Å². The summed E-state index contributed by atoms with van der Waals surface area (Å²) in [5.74, 6) is 0.762. The van der Waals surface area contributed by atoms with Gasteiger partial charge in [0.05, 0.1) is 14.2 Å². The number of hydrogen-bond donors (Lipinski definition) is 1. The van der Waals surface area contributed by atoms with E-state index in [0.717, 1.165) is 16.3 Å². The topological polar surface area (TPSA) is 38.7 Å². The third kappa shape index (κ3) is 2.94. The van der Waals surface area contributed by atoms with E-state index in [0.29, 0.717) is 22.6 Å². The zero-order chi connectivity index (χ0) is 19.8. The number of benzene rings is 3. The highest BCUT2D eigenvalue weighted by Crippen LogP contribution is 2.49. The lowest BCUT2D eigenvalue weighted by atomic mass is 9.74. The second-order valence-corrected chi connectivity index (χ2v) is 7.04. The van der Waals surface area contributed by atoms with Crippen molar-refractivity contribution in [2.45, 2.75) is 26.4 Å². The van der Waals surface area contributed by atoms with E-state index in [9.17, 15) is 9.50 Å². The maximum atomic E-state index is 13.5. The molecule has 1 N–H and O–H groups in total. The van der Waals surface area contributed by atoms with Gasteiger partial charge in [-0.15, -0.1) is 0 Å². The first-order valence-corrected chi connectivity index (χ1v) is 8.98. The highest BCUT2D eigenvalue weighted by Gasteiger charge is 2.41. The largest absolute Gasteiger partial charge is 0.496 e. The number of halogens is 1. The molecule has 4 heteroatoms. The average molecular weight is 368 g/mol. The van der Waals surface area contributed by atoms with Crippen LogP contribution in [0.5, 0.6) is 11.5 Å². The van der Waals surface area contributed by atoms with Crippen molar-refractivity contribution >= 4 is 10.8 Å². The number of rotatable bonds is 5. The molecule has 0 aromatic heterocycles. The minimum Gasteiger partial charge on any atom is -0.496 e. The van der Waals surface area contributed by atoms with Gasteiger partial charge in [-0.05, 0) is 30.5 Å². The lowest BCUT2D eigenvalue weighted by Gasteiger charge is -2.36. The van der Waals surface area contributed by atoms with Crippen LogP contribution >= 0.6 is 0 Å². The molecule has 0 fully saturated rings. The predicted octanol–water partition coefficient (Wildman–Crippen LogP) is 5.20. The van der Waals surface area contributed by atoms with Crippen molar-refractivity contribution in [1.29, 1.82) is 0 Å². The summed E-state index contributed by atoms with van der Waals surface area (Å²) >= 11 is 0. The molecule has 27 heavy (non-hydrogen) atoms. The van der Waals surface area contributed by atoms with Crippen molar-refractivity contribution in [2.24, 2.45) is 5.92 Å². The molecule has 3 rings (SSSR count). The standard InChI is InChI=1S/C23H25FO3/c1-14(2)23(25,16-10-12-17(24)13-11-16)20-15(3)21(26-4)18-8-6-7-9-19(18)22(20)27-5/h6-14,25H,1-5H3. The van der Waals surface area contributed by atoms with Crippen molar-refractivity contribution in [1.82, 2.24) is 0 Å². The Morgan fingerprint density at radius 2 is 1.41 bits per heavy atom. The summed E-state index contributed by atoms with van der Waals surface area (Å²) in [6.07, 6.45) is 0. The monoisotopic (exact) mass is 368 g/mol. The third-order valence-corrected chi connectivity index (χ3v) is 5.27. The van der Waals surface area contributed by atoms with E-state index < -0.39 is 5.60 Å². The fourth-order valence-electron chi connectivity index (χ4n) is 3.90. The number of fused-ring (bicyclic) bond motifs is 1. The quantitative estimate of drug-likeness (QED) is 0.673. The van der Waals surface area contributed by atoms with Gasteiger partial charge in [-0.25, -0.2) is 4.39 Å². The molecule has 0 saturated heterocycles. The summed E-state index contributed by atoms with van der Waals surface area (Å²) in [4.78, 5) is 0. The van der Waals surface area contributed by atoms with Gasteiger partial charge >= 0.3 is 0 Å². The van der Waals surface area contributed by atoms with Crippen LogP contribution in [0.4, 0.5) is 4.39 Å². The second-order valence-electron chi connectivity index (χ2n) is 7.04. The van der Waals surface area contributed by atoms with Crippen molar-refractivity contribution < 1.29 is 19.0 Å². The number of ether oxygens (including phenoxy) is 2. The van der Waals surface area contributed by atoms with E-state index in [1.54, 1.807) is 26.4 Å². The van der Waals surface area contributed by atoms with Gasteiger partial charge in [0.2, 0.25) is 0 Å². The summed E-state index contributed by atoms with van der Waals surface area (Å²) in [5.41, 5.74) is 0.675.